The highest BCUT2D eigenvalue weighted by Gasteiger charge is 2.23. The molecule has 0 aliphatic rings. The lowest BCUT2D eigenvalue weighted by molar-refractivity contribution is -0.142. The molecule has 0 spiro atoms. The molecule has 0 radical (unpaired) electrons. The molecule has 0 saturated heterocycles. The van der Waals surface area contributed by atoms with Gasteiger partial charge in [0.15, 0.2) is 0 Å². The smallest absolute Gasteiger partial charge is 0.318 e. The largest absolute Gasteiger partial charge is 0.465 e. The quantitative estimate of drug-likeness (QED) is 0.0457. The fourth-order valence-electron chi connectivity index (χ4n) is 7.36. The molecule has 2 atom stereocenters. The van der Waals surface area contributed by atoms with E-state index >= 15 is 0 Å². The molecule has 0 rings (SSSR count). The summed E-state index contributed by atoms with van der Waals surface area (Å²) in [4.78, 5) is 24.9. The minimum atomic E-state index is -0.354. The van der Waals surface area contributed by atoms with Gasteiger partial charge in [0.1, 0.15) is 10.5 Å². The Labute approximate surface area is 337 Å². The summed E-state index contributed by atoms with van der Waals surface area (Å²) < 4.78 is 11.0. The van der Waals surface area contributed by atoms with Crippen molar-refractivity contribution < 1.29 is 19.1 Å². The van der Waals surface area contributed by atoms with Gasteiger partial charge in [-0.3, -0.25) is 9.59 Å². The van der Waals surface area contributed by atoms with Gasteiger partial charge in [0.05, 0.1) is 13.2 Å². The fourth-order valence-corrected chi connectivity index (χ4v) is 8.33. The van der Waals surface area contributed by atoms with Gasteiger partial charge in [-0.05, 0) is 26.7 Å². The maximum atomic E-state index is 12.4. The summed E-state index contributed by atoms with van der Waals surface area (Å²) in [6, 6.07) is 0. The molecule has 0 saturated carbocycles. The van der Waals surface area contributed by atoms with Gasteiger partial charge >= 0.3 is 11.9 Å². The summed E-state index contributed by atoms with van der Waals surface area (Å²) in [5.41, 5.74) is 0. The van der Waals surface area contributed by atoms with E-state index in [4.69, 9.17) is 9.47 Å². The fraction of sp³-hybridized carbons (Fsp3) is 0.958. The number of hydrogen-bond donors (Lipinski definition) is 0. The van der Waals surface area contributed by atoms with Crippen LogP contribution in [0.3, 0.4) is 0 Å². The number of ether oxygens (including phenoxy) is 2. The number of esters is 2. The summed E-state index contributed by atoms with van der Waals surface area (Å²) in [7, 11) is 0. The third-order valence-electron chi connectivity index (χ3n) is 11.1. The van der Waals surface area contributed by atoms with Crippen molar-refractivity contribution in [2.45, 2.75) is 282 Å². The number of carbonyl (C=O) groups is 2. The third kappa shape index (κ3) is 40.8. The molecule has 0 fully saturated rings. The maximum absolute atomic E-state index is 12.4. The molecule has 0 aromatic carbocycles. The Hall–Kier alpha value is -0.710. The van der Waals surface area contributed by atoms with E-state index in [9.17, 15) is 9.59 Å². The van der Waals surface area contributed by atoms with E-state index in [1.807, 2.05) is 13.8 Å². The van der Waals surface area contributed by atoms with E-state index in [-0.39, 0.29) is 22.4 Å². The summed E-state index contributed by atoms with van der Waals surface area (Å²) in [6.07, 6.45) is 51.5. The lowest BCUT2D eigenvalue weighted by Crippen LogP contribution is -2.25. The summed E-state index contributed by atoms with van der Waals surface area (Å²) >= 11 is 1.35. The van der Waals surface area contributed by atoms with E-state index in [0.29, 0.717) is 13.2 Å². The van der Waals surface area contributed by atoms with Crippen LogP contribution in [-0.2, 0) is 19.1 Å². The molecule has 0 heterocycles. The minimum absolute atomic E-state index is 0.212. The van der Waals surface area contributed by atoms with Gasteiger partial charge in [-0.15, -0.1) is 11.8 Å². The Balaban J connectivity index is 3.45. The average molecular weight is 767 g/mol. The van der Waals surface area contributed by atoms with Gasteiger partial charge in [-0.1, -0.05) is 245 Å². The molecular weight excluding hydrogens is 673 g/mol. The summed E-state index contributed by atoms with van der Waals surface area (Å²) in [6.45, 7) is 9.23. The normalized spacial score (nSPS) is 12.6. The first-order chi connectivity index (χ1) is 26.0. The first-order valence-electron chi connectivity index (χ1n) is 24.0. The van der Waals surface area contributed by atoms with Crippen molar-refractivity contribution >= 4 is 23.7 Å². The van der Waals surface area contributed by atoms with Crippen molar-refractivity contribution in [3.63, 3.8) is 0 Å². The van der Waals surface area contributed by atoms with E-state index < -0.39 is 0 Å². The molecule has 2 unspecified atom stereocenters. The molecule has 0 bridgehead atoms. The molecule has 0 aliphatic heterocycles. The second-order valence-corrected chi connectivity index (χ2v) is 18.2. The molecule has 5 heteroatoms. The van der Waals surface area contributed by atoms with Gasteiger partial charge < -0.3 is 9.47 Å². The number of thioether (sulfide) groups is 1. The highest BCUT2D eigenvalue weighted by Crippen LogP contribution is 2.21. The zero-order chi connectivity index (χ0) is 38.7. The molecule has 0 aromatic heterocycles. The Bertz CT molecular complexity index is 683. The molecule has 53 heavy (non-hydrogen) atoms. The van der Waals surface area contributed by atoms with Crippen molar-refractivity contribution in [2.75, 3.05) is 13.2 Å². The highest BCUT2D eigenvalue weighted by atomic mass is 32.2. The Kier molecular flexibility index (Phi) is 43.4. The molecular formula is C48H94O4S. The standard InChI is InChI=1S/C48H94O4S/c1-5-7-9-11-13-15-17-19-21-23-25-27-29-31-33-35-37-39-41-43-51-47(49)45(3)53-46(4)48(50)52-44-42-40-38-36-34-32-30-28-26-24-22-20-18-16-14-12-10-8-6-2/h45-46H,5-44H2,1-4H3. The van der Waals surface area contributed by atoms with Crippen LogP contribution in [0.4, 0.5) is 0 Å². The van der Waals surface area contributed by atoms with Crippen LogP contribution in [-0.4, -0.2) is 35.7 Å². The first-order valence-corrected chi connectivity index (χ1v) is 25.0. The van der Waals surface area contributed by atoms with Crippen molar-refractivity contribution in [1.82, 2.24) is 0 Å². The van der Waals surface area contributed by atoms with Crippen molar-refractivity contribution in [1.29, 1.82) is 0 Å². The second kappa shape index (κ2) is 44.0. The Morgan fingerprint density at radius 1 is 0.321 bits per heavy atom. The van der Waals surface area contributed by atoms with E-state index in [2.05, 4.69) is 13.8 Å². The second-order valence-electron chi connectivity index (χ2n) is 16.5. The van der Waals surface area contributed by atoms with Crippen LogP contribution in [0.5, 0.6) is 0 Å². The van der Waals surface area contributed by atoms with E-state index in [1.54, 1.807) is 0 Å². The maximum Gasteiger partial charge on any atom is 0.318 e. The van der Waals surface area contributed by atoms with E-state index in [0.717, 1.165) is 25.7 Å². The lowest BCUT2D eigenvalue weighted by atomic mass is 10.0. The molecule has 0 N–H and O–H groups in total. The first kappa shape index (κ1) is 52.3. The van der Waals surface area contributed by atoms with Crippen LogP contribution < -0.4 is 0 Å². The van der Waals surface area contributed by atoms with Gasteiger partial charge in [0.2, 0.25) is 0 Å². The van der Waals surface area contributed by atoms with Crippen LogP contribution in [0.25, 0.3) is 0 Å². The van der Waals surface area contributed by atoms with Gasteiger partial charge in [0, 0.05) is 0 Å². The molecule has 0 aromatic rings. The Morgan fingerprint density at radius 2 is 0.491 bits per heavy atom. The van der Waals surface area contributed by atoms with Gasteiger partial charge in [-0.25, -0.2) is 0 Å². The predicted molar refractivity (Wildman–Crippen MR) is 235 cm³/mol. The molecule has 4 nitrogen and oxygen atoms in total. The highest BCUT2D eigenvalue weighted by molar-refractivity contribution is 8.01. The van der Waals surface area contributed by atoms with Gasteiger partial charge in [0.25, 0.3) is 0 Å². The topological polar surface area (TPSA) is 52.6 Å². The summed E-state index contributed by atoms with van der Waals surface area (Å²) in [5.74, 6) is -0.424. The average Bonchev–Trinajstić information content (AvgIpc) is 3.16. The third-order valence-corrected chi connectivity index (χ3v) is 12.3. The number of unbranched alkanes of at least 4 members (excludes halogenated alkanes) is 36. The lowest BCUT2D eigenvalue weighted by Gasteiger charge is -2.16. The SMILES string of the molecule is CCCCCCCCCCCCCCCCCCCCCOC(=O)C(C)SC(C)C(=O)OCCCCCCCCCCCCCCCCCCCCC. The predicted octanol–water partition coefficient (Wildman–Crippen LogP) is 16.4. The zero-order valence-electron chi connectivity index (χ0n) is 36.5. The van der Waals surface area contributed by atoms with Crippen LogP contribution in [0.15, 0.2) is 0 Å². The van der Waals surface area contributed by atoms with Crippen LogP contribution >= 0.6 is 11.8 Å². The van der Waals surface area contributed by atoms with Gasteiger partial charge in [-0.2, -0.15) is 0 Å². The van der Waals surface area contributed by atoms with E-state index in [1.165, 1.54) is 230 Å². The Morgan fingerprint density at radius 3 is 0.679 bits per heavy atom. The van der Waals surface area contributed by atoms with Crippen molar-refractivity contribution in [2.24, 2.45) is 0 Å². The molecule has 0 aliphatic carbocycles. The summed E-state index contributed by atoms with van der Waals surface area (Å²) in [5, 5.41) is -0.708. The van der Waals surface area contributed by atoms with Crippen molar-refractivity contribution in [3.05, 3.63) is 0 Å². The molecule has 316 valence electrons. The number of carbonyl (C=O) groups excluding carboxylic acids is 2. The zero-order valence-corrected chi connectivity index (χ0v) is 37.3. The monoisotopic (exact) mass is 767 g/mol. The van der Waals surface area contributed by atoms with Crippen LogP contribution in [0.2, 0.25) is 0 Å². The number of hydrogen-bond acceptors (Lipinski definition) is 5. The molecule has 0 amide bonds. The van der Waals surface area contributed by atoms with Crippen LogP contribution in [0, 0.1) is 0 Å². The van der Waals surface area contributed by atoms with Crippen molar-refractivity contribution in [3.8, 4) is 0 Å². The number of rotatable bonds is 44. The minimum Gasteiger partial charge on any atom is -0.465 e. The van der Waals surface area contributed by atoms with Crippen LogP contribution in [0.1, 0.15) is 272 Å².